The molecule has 0 radical (unpaired) electrons. The van der Waals surface area contributed by atoms with Gasteiger partial charge in [-0.05, 0) is 12.1 Å². The molecule has 3 rings (SSSR count). The summed E-state index contributed by atoms with van der Waals surface area (Å²) in [7, 11) is 0. The molecule has 1 aliphatic heterocycles. The van der Waals surface area contributed by atoms with E-state index in [2.05, 4.69) is 9.97 Å². The molecule has 124 valence electrons. The van der Waals surface area contributed by atoms with E-state index >= 15 is 0 Å². The number of alkyl halides is 3. The van der Waals surface area contributed by atoms with Crippen molar-refractivity contribution in [2.24, 2.45) is 0 Å². The standard InChI is InChI=1S/C15H10ClF3N4O/c16-13-3-9(15(17,18)19)6-22-14(13)23-7-12(8-23)24-11-1-2-21-10(4-11)5-20/h1-4,6,12H,7-8H2. The fourth-order valence-electron chi connectivity index (χ4n) is 2.24. The second kappa shape index (κ2) is 6.17. The molecule has 0 amide bonds. The van der Waals surface area contributed by atoms with E-state index < -0.39 is 11.7 Å². The van der Waals surface area contributed by atoms with Crippen LogP contribution in [0.3, 0.4) is 0 Å². The molecule has 0 bridgehead atoms. The van der Waals surface area contributed by atoms with Crippen molar-refractivity contribution in [3.05, 3.63) is 46.9 Å². The van der Waals surface area contributed by atoms with Crippen molar-refractivity contribution in [1.82, 2.24) is 9.97 Å². The summed E-state index contributed by atoms with van der Waals surface area (Å²) in [4.78, 5) is 9.36. The lowest BCUT2D eigenvalue weighted by molar-refractivity contribution is -0.137. The van der Waals surface area contributed by atoms with Crippen LogP contribution in [0, 0.1) is 11.3 Å². The summed E-state index contributed by atoms with van der Waals surface area (Å²) >= 11 is 5.90. The Hall–Kier alpha value is -2.53. The Kier molecular flexibility index (Phi) is 4.20. The first-order valence-corrected chi connectivity index (χ1v) is 7.25. The molecule has 0 N–H and O–H groups in total. The van der Waals surface area contributed by atoms with E-state index in [-0.39, 0.29) is 22.6 Å². The monoisotopic (exact) mass is 354 g/mol. The molecule has 3 heterocycles. The minimum absolute atomic E-state index is 0.0565. The topological polar surface area (TPSA) is 62.0 Å². The molecule has 1 aliphatic rings. The smallest absolute Gasteiger partial charge is 0.417 e. The molecule has 2 aromatic heterocycles. The summed E-state index contributed by atoms with van der Waals surface area (Å²) < 4.78 is 43.5. The van der Waals surface area contributed by atoms with E-state index in [0.29, 0.717) is 18.8 Å². The van der Waals surface area contributed by atoms with Gasteiger partial charge in [-0.3, -0.25) is 0 Å². The van der Waals surface area contributed by atoms with Crippen molar-refractivity contribution >= 4 is 17.4 Å². The summed E-state index contributed by atoms with van der Waals surface area (Å²) in [5.41, 5.74) is -0.637. The molecular formula is C15H10ClF3N4O. The normalized spacial score (nSPS) is 14.9. The Balaban J connectivity index is 1.63. The van der Waals surface area contributed by atoms with Crippen LogP contribution >= 0.6 is 11.6 Å². The number of halogens is 4. The predicted octanol–water partition coefficient (Wildman–Crippen LogP) is 3.29. The number of hydrogen-bond acceptors (Lipinski definition) is 5. The quantitative estimate of drug-likeness (QED) is 0.846. The summed E-state index contributed by atoms with van der Waals surface area (Å²) in [5, 5.41) is 8.73. The van der Waals surface area contributed by atoms with Crippen LogP contribution in [0.15, 0.2) is 30.6 Å². The highest BCUT2D eigenvalue weighted by Gasteiger charge is 2.34. The van der Waals surface area contributed by atoms with Gasteiger partial charge in [0.05, 0.1) is 23.7 Å². The van der Waals surface area contributed by atoms with Crippen LogP contribution in [-0.2, 0) is 6.18 Å². The average molecular weight is 355 g/mol. The lowest BCUT2D eigenvalue weighted by Gasteiger charge is -2.40. The first-order valence-electron chi connectivity index (χ1n) is 6.87. The fourth-order valence-corrected chi connectivity index (χ4v) is 2.53. The maximum absolute atomic E-state index is 12.6. The molecule has 0 saturated carbocycles. The molecule has 5 nitrogen and oxygen atoms in total. The number of nitrogens with zero attached hydrogens (tertiary/aromatic N) is 4. The number of aromatic nitrogens is 2. The van der Waals surface area contributed by atoms with Crippen LogP contribution in [0.1, 0.15) is 11.3 Å². The average Bonchev–Trinajstić information content (AvgIpc) is 2.50. The van der Waals surface area contributed by atoms with Crippen LogP contribution in [0.2, 0.25) is 5.02 Å². The Labute approximate surface area is 140 Å². The van der Waals surface area contributed by atoms with Crippen molar-refractivity contribution in [2.75, 3.05) is 18.0 Å². The molecule has 9 heteroatoms. The number of hydrogen-bond donors (Lipinski definition) is 0. The van der Waals surface area contributed by atoms with Crippen molar-refractivity contribution in [3.63, 3.8) is 0 Å². The summed E-state index contributed by atoms with van der Waals surface area (Å²) in [6, 6.07) is 5.93. The lowest BCUT2D eigenvalue weighted by atomic mass is 10.1. The number of ether oxygens (including phenoxy) is 1. The summed E-state index contributed by atoms with van der Waals surface area (Å²) in [5.74, 6) is 0.801. The van der Waals surface area contributed by atoms with Crippen molar-refractivity contribution in [1.29, 1.82) is 5.26 Å². The Morgan fingerprint density at radius 2 is 2.04 bits per heavy atom. The lowest BCUT2D eigenvalue weighted by Crippen LogP contribution is -2.54. The molecular weight excluding hydrogens is 345 g/mol. The molecule has 0 atom stereocenters. The molecule has 2 aromatic rings. The van der Waals surface area contributed by atoms with Crippen molar-refractivity contribution < 1.29 is 17.9 Å². The minimum atomic E-state index is -4.48. The predicted molar refractivity (Wildman–Crippen MR) is 79.8 cm³/mol. The number of nitriles is 1. The molecule has 0 spiro atoms. The van der Waals surface area contributed by atoms with Crippen molar-refractivity contribution in [2.45, 2.75) is 12.3 Å². The zero-order chi connectivity index (χ0) is 17.3. The fraction of sp³-hybridized carbons (Fsp3) is 0.267. The van der Waals surface area contributed by atoms with E-state index in [1.165, 1.54) is 12.3 Å². The van der Waals surface area contributed by atoms with Gasteiger partial charge in [-0.15, -0.1) is 0 Å². The molecule has 0 aliphatic carbocycles. The van der Waals surface area contributed by atoms with E-state index in [4.69, 9.17) is 21.6 Å². The van der Waals surface area contributed by atoms with Gasteiger partial charge in [0.15, 0.2) is 0 Å². The molecule has 1 fully saturated rings. The molecule has 24 heavy (non-hydrogen) atoms. The third-order valence-electron chi connectivity index (χ3n) is 3.45. The second-order valence-electron chi connectivity index (χ2n) is 5.16. The van der Waals surface area contributed by atoms with Gasteiger partial charge < -0.3 is 9.64 Å². The van der Waals surface area contributed by atoms with Gasteiger partial charge in [0.1, 0.15) is 29.4 Å². The zero-order valence-corrected chi connectivity index (χ0v) is 12.8. The Bertz CT molecular complexity index is 800. The third-order valence-corrected chi connectivity index (χ3v) is 3.72. The first-order chi connectivity index (χ1) is 11.4. The van der Waals surface area contributed by atoms with Crippen LogP contribution < -0.4 is 9.64 Å². The highest BCUT2D eigenvalue weighted by atomic mass is 35.5. The van der Waals surface area contributed by atoms with Crippen LogP contribution in [0.25, 0.3) is 0 Å². The van der Waals surface area contributed by atoms with Crippen LogP contribution in [0.5, 0.6) is 5.75 Å². The number of anilines is 1. The maximum atomic E-state index is 12.6. The van der Waals surface area contributed by atoms with E-state index in [1.54, 1.807) is 11.0 Å². The van der Waals surface area contributed by atoms with Gasteiger partial charge in [-0.25, -0.2) is 9.97 Å². The van der Waals surface area contributed by atoms with Gasteiger partial charge in [-0.2, -0.15) is 18.4 Å². The van der Waals surface area contributed by atoms with Gasteiger partial charge >= 0.3 is 6.18 Å². The second-order valence-corrected chi connectivity index (χ2v) is 5.57. The van der Waals surface area contributed by atoms with Gasteiger partial charge in [0.25, 0.3) is 0 Å². The van der Waals surface area contributed by atoms with Gasteiger partial charge in [0.2, 0.25) is 0 Å². The zero-order valence-electron chi connectivity index (χ0n) is 12.1. The first kappa shape index (κ1) is 16.3. The maximum Gasteiger partial charge on any atom is 0.417 e. The highest BCUT2D eigenvalue weighted by Crippen LogP contribution is 2.35. The number of pyridine rings is 2. The van der Waals surface area contributed by atoms with Crippen molar-refractivity contribution in [3.8, 4) is 11.8 Å². The Morgan fingerprint density at radius 1 is 1.29 bits per heavy atom. The number of rotatable bonds is 3. The van der Waals surface area contributed by atoms with Crippen LogP contribution in [-0.4, -0.2) is 29.2 Å². The van der Waals surface area contributed by atoms with Gasteiger partial charge in [0, 0.05) is 18.5 Å². The Morgan fingerprint density at radius 3 is 2.67 bits per heavy atom. The minimum Gasteiger partial charge on any atom is -0.487 e. The third kappa shape index (κ3) is 3.36. The SMILES string of the molecule is N#Cc1cc(OC2CN(c3ncc(C(F)(F)F)cc3Cl)C2)ccn1. The van der Waals surface area contributed by atoms with E-state index in [0.717, 1.165) is 12.3 Å². The summed E-state index contributed by atoms with van der Waals surface area (Å²) in [6.45, 7) is 0.866. The van der Waals surface area contributed by atoms with E-state index in [1.807, 2.05) is 6.07 Å². The van der Waals surface area contributed by atoms with E-state index in [9.17, 15) is 13.2 Å². The summed E-state index contributed by atoms with van der Waals surface area (Å²) in [6.07, 6.45) is -2.41. The molecule has 0 aromatic carbocycles. The largest absolute Gasteiger partial charge is 0.487 e. The highest BCUT2D eigenvalue weighted by molar-refractivity contribution is 6.33. The molecule has 0 unspecified atom stereocenters. The van der Waals surface area contributed by atoms with Crippen LogP contribution in [0.4, 0.5) is 19.0 Å². The van der Waals surface area contributed by atoms with Gasteiger partial charge in [-0.1, -0.05) is 11.6 Å². The molecule has 1 saturated heterocycles.